The van der Waals surface area contributed by atoms with E-state index >= 15 is 0 Å². The van der Waals surface area contributed by atoms with Crippen LogP contribution in [0, 0.1) is 25.6 Å². The summed E-state index contributed by atoms with van der Waals surface area (Å²) in [6.45, 7) is 14.5. The van der Waals surface area contributed by atoms with Gasteiger partial charge in [-0.2, -0.15) is 0 Å². The molecule has 82 heavy (non-hydrogen) atoms. The summed E-state index contributed by atoms with van der Waals surface area (Å²) in [7, 11) is -2.65. The number of rotatable bonds is 17. The Morgan fingerprint density at radius 1 is 0.683 bits per heavy atom. The lowest BCUT2D eigenvalue weighted by Crippen LogP contribution is -2.41. The zero-order chi connectivity index (χ0) is 58.7. The zero-order valence-corrected chi connectivity index (χ0v) is 48.0. The Labute approximate surface area is 477 Å². The first-order valence-corrected chi connectivity index (χ1v) is 28.6. The summed E-state index contributed by atoms with van der Waals surface area (Å²) in [6, 6.07) is 42.0. The largest absolute Gasteiger partial charge is 0.466 e. The number of piperidine rings is 1. The molecule has 4 heterocycles. The summed E-state index contributed by atoms with van der Waals surface area (Å²) in [4.78, 5) is 67.0. The number of non-ortho nitro benzene ring substituents is 2. The molecule has 0 amide bonds. The van der Waals surface area contributed by atoms with E-state index in [1.807, 2.05) is 92.7 Å². The predicted molar refractivity (Wildman–Crippen MR) is 310 cm³/mol. The van der Waals surface area contributed by atoms with Crippen molar-refractivity contribution >= 4 is 42.6 Å². The summed E-state index contributed by atoms with van der Waals surface area (Å²) in [5.74, 6) is -3.63. The van der Waals surface area contributed by atoms with E-state index in [-0.39, 0.29) is 64.7 Å². The molecule has 0 aliphatic carbocycles. The molecule has 2 N–H and O–H groups in total. The van der Waals surface area contributed by atoms with Gasteiger partial charge in [0.2, 0.25) is 0 Å². The standard InChI is InChI=1S/C34H38N3O7P.C28H31N3O6/c1-24-30(33(38)42-19-18-36(28-15-9-6-10-16-28)21-26-12-7-5-8-13-26)31(27-14-11-17-29(20-27)37(39)40)32(25(2)35-24)45(41)43-22-34(3,4)23-44-45;1-18-24(27(32)36-3)26(21-11-7-12-22(15-21)31(34)35)25(19(2)29-18)28(33)37-23-13-8-14-30(17-23)16-20-9-5-4-6-10-20/h5-17,20,31,35H,18-19,21-23H2,1-4H3;4-7,9-12,15,23,26,29H,8,13-14,16-17H2,1-3H3/t;23-,26-/m.1/s1. The Hall–Kier alpha value is -8.22. The highest BCUT2D eigenvalue weighted by atomic mass is 31.2. The Bertz CT molecular complexity index is 3350. The lowest BCUT2D eigenvalue weighted by molar-refractivity contribution is -0.385. The van der Waals surface area contributed by atoms with Gasteiger partial charge in [0.05, 0.1) is 70.6 Å². The number of methoxy groups -OCH3 is 1. The van der Waals surface area contributed by atoms with E-state index in [0.29, 0.717) is 53.5 Å². The topological polar surface area (TPSA) is 231 Å². The first kappa shape index (κ1) is 59.9. The van der Waals surface area contributed by atoms with E-state index in [9.17, 15) is 39.2 Å². The van der Waals surface area contributed by atoms with Crippen molar-refractivity contribution in [3.8, 4) is 0 Å². The van der Waals surface area contributed by atoms with Crippen LogP contribution in [0.4, 0.5) is 17.1 Å². The van der Waals surface area contributed by atoms with Gasteiger partial charge in [-0.1, -0.05) is 117 Å². The van der Waals surface area contributed by atoms with Crippen molar-refractivity contribution in [2.75, 3.05) is 51.5 Å². The molecule has 0 saturated carbocycles. The van der Waals surface area contributed by atoms with Crippen molar-refractivity contribution in [1.29, 1.82) is 0 Å². The molecule has 4 aliphatic rings. The summed E-state index contributed by atoms with van der Waals surface area (Å²) >= 11 is 0. The fraction of sp³-hybridized carbons (Fsp3) is 0.339. The first-order chi connectivity index (χ1) is 39.2. The Morgan fingerprint density at radius 2 is 1.20 bits per heavy atom. The molecule has 5 aromatic carbocycles. The number of ether oxygens (including phenoxy) is 3. The number of para-hydroxylation sites is 1. The van der Waals surface area contributed by atoms with Gasteiger partial charge in [0.25, 0.3) is 11.4 Å². The normalized spacial score (nSPS) is 19.6. The van der Waals surface area contributed by atoms with Crippen molar-refractivity contribution in [3.63, 3.8) is 0 Å². The summed E-state index contributed by atoms with van der Waals surface area (Å²) < 4.78 is 43.1. The zero-order valence-electron chi connectivity index (χ0n) is 47.1. The highest BCUT2D eigenvalue weighted by Gasteiger charge is 2.48. The number of likely N-dealkylation sites (tertiary alicyclic amines) is 1. The number of anilines is 1. The number of hydrogen-bond donors (Lipinski definition) is 2. The van der Waals surface area contributed by atoms with Crippen LogP contribution in [0.15, 0.2) is 184 Å². The molecule has 3 atom stereocenters. The quantitative estimate of drug-likeness (QED) is 0.0290. The Kier molecular flexibility index (Phi) is 19.4. The Balaban J connectivity index is 0.000000219. The minimum absolute atomic E-state index is 0.0654. The van der Waals surface area contributed by atoms with Crippen LogP contribution >= 0.6 is 7.60 Å². The van der Waals surface area contributed by atoms with Crippen LogP contribution in [-0.4, -0.2) is 85.3 Å². The molecule has 0 spiro atoms. The molecule has 5 aromatic rings. The van der Waals surface area contributed by atoms with E-state index in [4.69, 9.17) is 23.3 Å². The van der Waals surface area contributed by atoms with E-state index in [1.54, 1.807) is 52.0 Å². The number of carbonyl (C=O) groups is 3. The van der Waals surface area contributed by atoms with Crippen molar-refractivity contribution in [1.82, 2.24) is 15.5 Å². The van der Waals surface area contributed by atoms with Gasteiger partial charge < -0.3 is 38.8 Å². The van der Waals surface area contributed by atoms with E-state index in [1.165, 1.54) is 36.9 Å². The summed E-state index contributed by atoms with van der Waals surface area (Å²) in [6.07, 6.45) is 1.31. The van der Waals surface area contributed by atoms with Crippen molar-refractivity contribution in [3.05, 3.63) is 227 Å². The van der Waals surface area contributed by atoms with Gasteiger partial charge >= 0.3 is 25.5 Å². The number of nitrogens with one attached hydrogen (secondary N) is 2. The molecule has 9 rings (SSSR count). The second-order valence-corrected chi connectivity index (χ2v) is 23.4. The molecule has 0 radical (unpaired) electrons. The maximum atomic E-state index is 14.3. The van der Waals surface area contributed by atoms with Gasteiger partial charge in [-0.3, -0.25) is 29.7 Å². The highest BCUT2D eigenvalue weighted by Crippen LogP contribution is 2.66. The maximum Gasteiger partial charge on any atom is 0.360 e. The van der Waals surface area contributed by atoms with E-state index < -0.39 is 47.2 Å². The lowest BCUT2D eigenvalue weighted by atomic mass is 9.80. The number of hydrogen-bond acceptors (Lipinski definition) is 17. The number of allylic oxidation sites excluding steroid dienone is 5. The molecule has 2 saturated heterocycles. The molecule has 0 aromatic heterocycles. The Morgan fingerprint density at radius 3 is 1.76 bits per heavy atom. The van der Waals surface area contributed by atoms with E-state index in [2.05, 4.69) is 32.6 Å². The molecule has 19 nitrogen and oxygen atoms in total. The molecule has 2 fully saturated rings. The fourth-order valence-electron chi connectivity index (χ4n) is 10.7. The second kappa shape index (κ2) is 26.6. The molecular formula is C62H69N6O13P. The number of benzene rings is 5. The minimum Gasteiger partial charge on any atom is -0.466 e. The average Bonchev–Trinajstić information content (AvgIpc) is 1.85. The number of carbonyl (C=O) groups excluding carboxylic acids is 3. The predicted octanol–water partition coefficient (Wildman–Crippen LogP) is 11.5. The molecule has 4 aliphatic heterocycles. The number of nitro groups is 2. The van der Waals surface area contributed by atoms with Crippen LogP contribution in [0.1, 0.15) is 88.5 Å². The number of esters is 3. The van der Waals surface area contributed by atoms with Gasteiger partial charge in [0, 0.05) is 77.8 Å². The van der Waals surface area contributed by atoms with Crippen LogP contribution in [0.3, 0.4) is 0 Å². The third kappa shape index (κ3) is 14.4. The summed E-state index contributed by atoms with van der Waals surface area (Å²) in [5, 5.41) is 29.7. The molecular weight excluding hydrogens is 1070 g/mol. The number of nitro benzene ring substituents is 2. The monoisotopic (exact) mass is 1140 g/mol. The SMILES string of the molecule is CC1=C(C(=O)OCCN(Cc2ccccc2)c2ccccc2)C(c2cccc([N+](=O)[O-])c2)C(P2(=O)OCC(C)(C)CO2)=C(C)N1.COC(=O)C1=C(C)NC(C)=C(C(=O)O[C@@H]2CCCN(Cc3ccccc3)C2)[C@@H]1c1cccc([N+](=O)[O-])c1. The maximum absolute atomic E-state index is 14.3. The van der Waals surface area contributed by atoms with Crippen LogP contribution in [0.25, 0.3) is 0 Å². The van der Waals surface area contributed by atoms with Gasteiger partial charge in [0.15, 0.2) is 0 Å². The van der Waals surface area contributed by atoms with Gasteiger partial charge in [-0.15, -0.1) is 0 Å². The second-order valence-electron chi connectivity index (χ2n) is 21.4. The average molecular weight is 1140 g/mol. The van der Waals surface area contributed by atoms with Crippen LogP contribution in [0.2, 0.25) is 0 Å². The first-order valence-electron chi connectivity index (χ1n) is 27.1. The highest BCUT2D eigenvalue weighted by molar-refractivity contribution is 7.58. The number of nitrogens with zero attached hydrogens (tertiary/aromatic N) is 4. The third-order valence-electron chi connectivity index (χ3n) is 14.6. The van der Waals surface area contributed by atoms with Gasteiger partial charge in [-0.05, 0) is 81.5 Å². The molecule has 1 unspecified atom stereocenters. The van der Waals surface area contributed by atoms with E-state index in [0.717, 1.165) is 37.2 Å². The van der Waals surface area contributed by atoms with Crippen molar-refractivity contribution in [2.45, 2.75) is 85.4 Å². The smallest absolute Gasteiger partial charge is 0.360 e. The van der Waals surface area contributed by atoms with Crippen molar-refractivity contribution < 1.29 is 52.1 Å². The van der Waals surface area contributed by atoms with Gasteiger partial charge in [0.1, 0.15) is 12.7 Å². The van der Waals surface area contributed by atoms with Crippen LogP contribution < -0.4 is 15.5 Å². The lowest BCUT2D eigenvalue weighted by Gasteiger charge is -2.39. The molecule has 0 bridgehead atoms. The summed E-state index contributed by atoms with van der Waals surface area (Å²) in [5.41, 5.74) is 6.19. The van der Waals surface area contributed by atoms with Crippen LogP contribution in [0.5, 0.6) is 0 Å². The van der Waals surface area contributed by atoms with Crippen molar-refractivity contribution in [2.24, 2.45) is 5.41 Å². The van der Waals surface area contributed by atoms with Gasteiger partial charge in [-0.25, -0.2) is 14.4 Å². The van der Waals surface area contributed by atoms with Crippen LogP contribution in [-0.2, 0) is 55.3 Å². The number of dihydropyridines is 2. The minimum atomic E-state index is -3.91. The fourth-order valence-corrected chi connectivity index (χ4v) is 13.1. The molecule has 430 valence electrons. The molecule has 20 heteroatoms. The third-order valence-corrected chi connectivity index (χ3v) is 16.7.